The highest BCUT2D eigenvalue weighted by molar-refractivity contribution is 5.94. The van der Waals surface area contributed by atoms with Crippen LogP contribution in [-0.4, -0.2) is 58.1 Å². The lowest BCUT2D eigenvalue weighted by molar-refractivity contribution is 0.0784. The number of carbonyl (C=O) groups excluding carboxylic acids is 1. The molecular weight excluding hydrogens is 376 g/mol. The van der Waals surface area contributed by atoms with Gasteiger partial charge in [-0.05, 0) is 62.4 Å². The van der Waals surface area contributed by atoms with Gasteiger partial charge in [-0.3, -0.25) is 4.79 Å². The Morgan fingerprint density at radius 2 is 2.03 bits per heavy atom. The molecule has 1 saturated carbocycles. The van der Waals surface area contributed by atoms with Crippen molar-refractivity contribution >= 4 is 17.4 Å². The minimum atomic E-state index is 0.0538. The third-order valence-corrected chi connectivity index (χ3v) is 6.06. The third kappa shape index (κ3) is 4.03. The Balaban J connectivity index is 1.32. The second kappa shape index (κ2) is 8.07. The van der Waals surface area contributed by atoms with E-state index in [1.165, 1.54) is 19.3 Å². The number of aromatic nitrogens is 3. The molecule has 0 unspecified atom stereocenters. The maximum absolute atomic E-state index is 12.8. The molecule has 0 spiro atoms. The summed E-state index contributed by atoms with van der Waals surface area (Å²) in [5.41, 5.74) is 3.42. The maximum atomic E-state index is 12.8. The zero-order valence-electron chi connectivity index (χ0n) is 17.3. The van der Waals surface area contributed by atoms with E-state index < -0.39 is 0 Å². The fourth-order valence-corrected chi connectivity index (χ4v) is 4.07. The molecule has 2 aliphatic rings. The highest BCUT2D eigenvalue weighted by Gasteiger charge is 2.21. The van der Waals surface area contributed by atoms with Crippen molar-refractivity contribution in [3.63, 3.8) is 0 Å². The molecule has 1 atom stereocenters. The SMILES string of the molecule is CN(C[C@@H]1CCCN1)C(=O)c1ccc(-c2cnc3ccc(NCC4CC4)nn23)cc1. The number of nitrogens with zero attached hydrogens (tertiary/aromatic N) is 4. The maximum Gasteiger partial charge on any atom is 0.253 e. The van der Waals surface area contributed by atoms with E-state index in [2.05, 4.69) is 15.6 Å². The molecule has 3 heterocycles. The quantitative estimate of drug-likeness (QED) is 0.633. The summed E-state index contributed by atoms with van der Waals surface area (Å²) in [6.07, 6.45) is 6.77. The van der Waals surface area contributed by atoms with Crippen LogP contribution in [0.4, 0.5) is 5.82 Å². The molecule has 7 heteroatoms. The monoisotopic (exact) mass is 404 g/mol. The highest BCUT2D eigenvalue weighted by atomic mass is 16.2. The first-order valence-corrected chi connectivity index (χ1v) is 10.9. The molecule has 3 aromatic rings. The van der Waals surface area contributed by atoms with Gasteiger partial charge in [-0.15, -0.1) is 5.10 Å². The molecule has 30 heavy (non-hydrogen) atoms. The summed E-state index contributed by atoms with van der Waals surface area (Å²) in [5, 5.41) is 11.6. The van der Waals surface area contributed by atoms with Gasteiger partial charge in [0.2, 0.25) is 0 Å². The minimum Gasteiger partial charge on any atom is -0.368 e. The van der Waals surface area contributed by atoms with Crippen molar-refractivity contribution in [1.82, 2.24) is 24.8 Å². The number of nitrogens with one attached hydrogen (secondary N) is 2. The number of benzene rings is 1. The van der Waals surface area contributed by atoms with Crippen LogP contribution in [-0.2, 0) is 0 Å². The van der Waals surface area contributed by atoms with Crippen molar-refractivity contribution in [1.29, 1.82) is 0 Å². The van der Waals surface area contributed by atoms with Crippen LogP contribution in [0.3, 0.4) is 0 Å². The lowest BCUT2D eigenvalue weighted by atomic mass is 10.1. The van der Waals surface area contributed by atoms with E-state index >= 15 is 0 Å². The van der Waals surface area contributed by atoms with Crippen LogP contribution in [0.5, 0.6) is 0 Å². The van der Waals surface area contributed by atoms with Gasteiger partial charge in [-0.2, -0.15) is 0 Å². The van der Waals surface area contributed by atoms with Gasteiger partial charge >= 0.3 is 0 Å². The molecule has 1 amide bonds. The molecule has 156 valence electrons. The van der Waals surface area contributed by atoms with Crippen molar-refractivity contribution in [2.75, 3.05) is 32.0 Å². The average molecular weight is 405 g/mol. The Labute approximate surface area is 176 Å². The summed E-state index contributed by atoms with van der Waals surface area (Å²) in [6, 6.07) is 12.1. The summed E-state index contributed by atoms with van der Waals surface area (Å²) >= 11 is 0. The summed E-state index contributed by atoms with van der Waals surface area (Å²) in [4.78, 5) is 19.1. The van der Waals surface area contributed by atoms with Crippen molar-refractivity contribution < 1.29 is 4.79 Å². The second-order valence-electron chi connectivity index (χ2n) is 8.51. The van der Waals surface area contributed by atoms with Gasteiger partial charge in [0.05, 0.1) is 11.9 Å². The van der Waals surface area contributed by atoms with E-state index in [1.54, 1.807) is 0 Å². The molecule has 5 rings (SSSR count). The first-order valence-electron chi connectivity index (χ1n) is 10.9. The van der Waals surface area contributed by atoms with E-state index in [-0.39, 0.29) is 5.91 Å². The van der Waals surface area contributed by atoms with E-state index in [0.717, 1.165) is 54.7 Å². The van der Waals surface area contributed by atoms with Gasteiger partial charge in [0, 0.05) is 37.3 Å². The Morgan fingerprint density at radius 1 is 1.20 bits per heavy atom. The van der Waals surface area contributed by atoms with Gasteiger partial charge in [0.1, 0.15) is 5.82 Å². The zero-order chi connectivity index (χ0) is 20.5. The fraction of sp³-hybridized carbons (Fsp3) is 0.435. The normalized spacial score (nSPS) is 18.6. The van der Waals surface area contributed by atoms with Crippen LogP contribution < -0.4 is 10.6 Å². The number of hydrogen-bond acceptors (Lipinski definition) is 5. The predicted octanol–water partition coefficient (Wildman–Crippen LogP) is 3.04. The lowest BCUT2D eigenvalue weighted by Gasteiger charge is -2.21. The molecule has 1 aliphatic heterocycles. The van der Waals surface area contributed by atoms with E-state index in [4.69, 9.17) is 5.10 Å². The molecule has 1 aliphatic carbocycles. The molecule has 2 aromatic heterocycles. The Bertz CT molecular complexity index is 1030. The summed E-state index contributed by atoms with van der Waals surface area (Å²) in [7, 11) is 1.88. The summed E-state index contributed by atoms with van der Waals surface area (Å²) in [5.74, 6) is 1.71. The summed E-state index contributed by atoms with van der Waals surface area (Å²) < 4.78 is 1.87. The first kappa shape index (κ1) is 19.1. The summed E-state index contributed by atoms with van der Waals surface area (Å²) in [6.45, 7) is 2.77. The first-order chi connectivity index (χ1) is 14.7. The van der Waals surface area contributed by atoms with Crippen LogP contribution in [0.2, 0.25) is 0 Å². The molecular formula is C23H28N6O. The van der Waals surface area contributed by atoms with E-state index in [9.17, 15) is 4.79 Å². The predicted molar refractivity (Wildman–Crippen MR) is 118 cm³/mol. The molecule has 2 N–H and O–H groups in total. The average Bonchev–Trinajstić information content (AvgIpc) is 3.28. The molecule has 0 radical (unpaired) electrons. The molecule has 0 bridgehead atoms. The number of likely N-dealkylation sites (N-methyl/N-ethyl adjacent to an activating group) is 1. The largest absolute Gasteiger partial charge is 0.368 e. The number of fused-ring (bicyclic) bond motifs is 1. The fourth-order valence-electron chi connectivity index (χ4n) is 4.07. The Hall–Kier alpha value is -2.93. The highest BCUT2D eigenvalue weighted by Crippen LogP contribution is 2.29. The number of amides is 1. The van der Waals surface area contributed by atoms with E-state index in [1.807, 2.05) is 59.1 Å². The van der Waals surface area contributed by atoms with Crippen LogP contribution in [0, 0.1) is 5.92 Å². The second-order valence-corrected chi connectivity index (χ2v) is 8.51. The zero-order valence-corrected chi connectivity index (χ0v) is 17.3. The molecule has 2 fully saturated rings. The van der Waals surface area contributed by atoms with Gasteiger partial charge < -0.3 is 15.5 Å². The Morgan fingerprint density at radius 3 is 2.77 bits per heavy atom. The van der Waals surface area contributed by atoms with Gasteiger partial charge in [0.25, 0.3) is 5.91 Å². The molecule has 7 nitrogen and oxygen atoms in total. The number of rotatable bonds is 7. The van der Waals surface area contributed by atoms with Crippen molar-refractivity contribution in [3.8, 4) is 11.3 Å². The number of anilines is 1. The number of imidazole rings is 1. The van der Waals surface area contributed by atoms with Crippen molar-refractivity contribution in [2.45, 2.75) is 31.7 Å². The van der Waals surface area contributed by atoms with Gasteiger partial charge in [-0.25, -0.2) is 9.50 Å². The van der Waals surface area contributed by atoms with Crippen LogP contribution >= 0.6 is 0 Å². The topological polar surface area (TPSA) is 74.6 Å². The third-order valence-electron chi connectivity index (χ3n) is 6.06. The number of carbonyl (C=O) groups is 1. The van der Waals surface area contributed by atoms with Crippen LogP contribution in [0.1, 0.15) is 36.0 Å². The van der Waals surface area contributed by atoms with Crippen LogP contribution in [0.25, 0.3) is 16.9 Å². The number of hydrogen-bond donors (Lipinski definition) is 2. The van der Waals surface area contributed by atoms with Crippen LogP contribution in [0.15, 0.2) is 42.6 Å². The molecule has 1 aromatic carbocycles. The molecule has 1 saturated heterocycles. The van der Waals surface area contributed by atoms with Gasteiger partial charge in [-0.1, -0.05) is 12.1 Å². The van der Waals surface area contributed by atoms with Crippen molar-refractivity contribution in [3.05, 3.63) is 48.2 Å². The van der Waals surface area contributed by atoms with E-state index in [0.29, 0.717) is 11.6 Å². The smallest absolute Gasteiger partial charge is 0.253 e. The standard InChI is InChI=1S/C23H28N6O/c1-28(15-19-3-2-12-24-19)23(30)18-8-6-17(7-9-18)20-14-26-22-11-10-21(27-29(20)22)25-13-16-4-5-16/h6-11,14,16,19,24H,2-5,12-13,15H2,1H3,(H,25,27)/t19-/m0/s1. The Kier molecular flexibility index (Phi) is 5.12. The van der Waals surface area contributed by atoms with Crippen molar-refractivity contribution in [2.24, 2.45) is 5.92 Å². The van der Waals surface area contributed by atoms with Gasteiger partial charge in [0.15, 0.2) is 5.65 Å². The minimum absolute atomic E-state index is 0.0538. The lowest BCUT2D eigenvalue weighted by Crippen LogP contribution is -2.38.